The summed E-state index contributed by atoms with van der Waals surface area (Å²) in [6.07, 6.45) is 3.84. The van der Waals surface area contributed by atoms with Crippen molar-refractivity contribution in [1.82, 2.24) is 0 Å². The number of fused-ring (bicyclic) bond motifs is 2. The fraction of sp³-hybridized carbons (Fsp3) is 1.00. The third-order valence-electron chi connectivity index (χ3n) is 4.00. The van der Waals surface area contributed by atoms with Crippen molar-refractivity contribution in [1.29, 1.82) is 0 Å². The van der Waals surface area contributed by atoms with E-state index < -0.39 is 0 Å². The molecular weight excluding hydrogens is 182 g/mol. The molecule has 14 heavy (non-hydrogen) atoms. The second kappa shape index (κ2) is 3.45. The zero-order valence-electron chi connectivity index (χ0n) is 8.28. The fourth-order valence-corrected chi connectivity index (χ4v) is 3.19. The van der Waals surface area contributed by atoms with Crippen molar-refractivity contribution in [3.05, 3.63) is 5.21 Å². The van der Waals surface area contributed by atoms with Gasteiger partial charge in [-0.15, -0.1) is 0 Å². The van der Waals surface area contributed by atoms with Crippen molar-refractivity contribution >= 4 is 0 Å². The van der Waals surface area contributed by atoms with Gasteiger partial charge >= 0.3 is 0 Å². The lowest BCUT2D eigenvalue weighted by Gasteiger charge is -2.43. The van der Waals surface area contributed by atoms with E-state index in [1.165, 1.54) is 0 Å². The minimum absolute atomic E-state index is 0.280. The molecule has 1 saturated carbocycles. The molecule has 3 fully saturated rings. The topological polar surface area (TPSA) is 46.0 Å². The molecule has 4 nitrogen and oxygen atoms in total. The van der Waals surface area contributed by atoms with Gasteiger partial charge in [0.05, 0.1) is 25.3 Å². The molecule has 0 aromatic carbocycles. The monoisotopic (exact) mass is 199 g/mol. The van der Waals surface area contributed by atoms with Gasteiger partial charge in [-0.3, -0.25) is 0 Å². The van der Waals surface area contributed by atoms with E-state index in [4.69, 9.17) is 9.47 Å². The summed E-state index contributed by atoms with van der Waals surface area (Å²) in [4.78, 5) is 0. The molecule has 4 heteroatoms. The van der Waals surface area contributed by atoms with Gasteiger partial charge in [0, 0.05) is 12.3 Å². The minimum atomic E-state index is 0.280. The van der Waals surface area contributed by atoms with Crippen molar-refractivity contribution in [2.75, 3.05) is 19.9 Å². The van der Waals surface area contributed by atoms with E-state index >= 15 is 0 Å². The standard InChI is InChI=1S/C10H17NO3/c12-11-2-1-7-3-9-10(14-6-13-9)4-8(7)5-11/h7-11H,1-6H2. The third kappa shape index (κ3) is 1.46. The van der Waals surface area contributed by atoms with Crippen LogP contribution >= 0.6 is 0 Å². The quantitative estimate of drug-likeness (QED) is 0.537. The highest BCUT2D eigenvalue weighted by Crippen LogP contribution is 2.38. The Morgan fingerprint density at radius 1 is 1.07 bits per heavy atom. The molecule has 0 bridgehead atoms. The second-order valence-electron chi connectivity index (χ2n) is 4.80. The lowest BCUT2D eigenvalue weighted by atomic mass is 9.73. The molecule has 2 aliphatic heterocycles. The molecule has 80 valence electrons. The number of nitrogens with one attached hydrogen (secondary N) is 1. The molecule has 2 saturated heterocycles. The maximum Gasteiger partial charge on any atom is 0.147 e. The first-order valence-electron chi connectivity index (χ1n) is 5.58. The summed E-state index contributed by atoms with van der Waals surface area (Å²) in [7, 11) is 0. The van der Waals surface area contributed by atoms with Gasteiger partial charge in [0.2, 0.25) is 0 Å². The molecule has 3 rings (SSSR count). The molecule has 5 atom stereocenters. The number of ether oxygens (including phenoxy) is 2. The smallest absolute Gasteiger partial charge is 0.147 e. The Labute approximate surface area is 83.7 Å². The molecule has 0 amide bonds. The van der Waals surface area contributed by atoms with Gasteiger partial charge in [-0.05, 0) is 18.8 Å². The average molecular weight is 199 g/mol. The zero-order valence-corrected chi connectivity index (χ0v) is 8.28. The number of piperidine rings is 1. The van der Waals surface area contributed by atoms with E-state index in [0.717, 1.165) is 38.3 Å². The number of quaternary nitrogens is 1. The van der Waals surface area contributed by atoms with E-state index in [1.807, 2.05) is 0 Å². The molecule has 1 aliphatic carbocycles. The normalized spacial score (nSPS) is 52.5. The van der Waals surface area contributed by atoms with E-state index in [9.17, 15) is 5.21 Å². The van der Waals surface area contributed by atoms with Crippen LogP contribution in [0.4, 0.5) is 0 Å². The van der Waals surface area contributed by atoms with E-state index in [1.54, 1.807) is 0 Å². The first-order valence-corrected chi connectivity index (χ1v) is 5.58. The van der Waals surface area contributed by atoms with Crippen LogP contribution in [0.5, 0.6) is 0 Å². The SMILES string of the molecule is [O-][NH+]1CCC2CC3OCOC3CC2C1. The Morgan fingerprint density at radius 2 is 1.79 bits per heavy atom. The van der Waals surface area contributed by atoms with Crippen molar-refractivity contribution in [2.45, 2.75) is 31.5 Å². The van der Waals surface area contributed by atoms with Gasteiger partial charge in [-0.1, -0.05) is 0 Å². The van der Waals surface area contributed by atoms with Gasteiger partial charge in [0.15, 0.2) is 0 Å². The van der Waals surface area contributed by atoms with Crippen LogP contribution in [-0.4, -0.2) is 32.1 Å². The van der Waals surface area contributed by atoms with Gasteiger partial charge < -0.3 is 19.7 Å². The van der Waals surface area contributed by atoms with E-state index in [2.05, 4.69) is 0 Å². The average Bonchev–Trinajstić information content (AvgIpc) is 2.61. The lowest BCUT2D eigenvalue weighted by molar-refractivity contribution is -0.860. The molecule has 0 aromatic rings. The predicted molar refractivity (Wildman–Crippen MR) is 49.5 cm³/mol. The zero-order chi connectivity index (χ0) is 9.54. The van der Waals surface area contributed by atoms with Crippen molar-refractivity contribution < 1.29 is 14.5 Å². The number of hydrogen-bond donors (Lipinski definition) is 1. The first kappa shape index (κ1) is 9.09. The van der Waals surface area contributed by atoms with Crippen LogP contribution in [0.15, 0.2) is 0 Å². The molecule has 3 aliphatic rings. The van der Waals surface area contributed by atoms with Crippen LogP contribution in [0.25, 0.3) is 0 Å². The number of hydroxylamine groups is 2. The summed E-state index contributed by atoms with van der Waals surface area (Å²) < 4.78 is 11.0. The van der Waals surface area contributed by atoms with Crippen LogP contribution in [0.3, 0.4) is 0 Å². The second-order valence-corrected chi connectivity index (χ2v) is 4.80. The van der Waals surface area contributed by atoms with Crippen LogP contribution in [-0.2, 0) is 9.47 Å². The molecule has 0 radical (unpaired) electrons. The maximum atomic E-state index is 11.3. The molecule has 0 spiro atoms. The highest BCUT2D eigenvalue weighted by molar-refractivity contribution is 4.89. The summed E-state index contributed by atoms with van der Waals surface area (Å²) in [5.41, 5.74) is 0. The van der Waals surface area contributed by atoms with Crippen molar-refractivity contribution in [3.63, 3.8) is 0 Å². The predicted octanol–water partition coefficient (Wildman–Crippen LogP) is -0.459. The molecule has 0 aromatic heterocycles. The van der Waals surface area contributed by atoms with Gasteiger partial charge in [-0.2, -0.15) is 0 Å². The summed E-state index contributed by atoms with van der Waals surface area (Å²) in [5, 5.41) is 11.8. The first-order chi connectivity index (χ1) is 6.83. The van der Waals surface area contributed by atoms with Crippen LogP contribution < -0.4 is 5.06 Å². The van der Waals surface area contributed by atoms with Gasteiger partial charge in [0.25, 0.3) is 0 Å². The van der Waals surface area contributed by atoms with Crippen molar-refractivity contribution in [3.8, 4) is 0 Å². The van der Waals surface area contributed by atoms with Crippen molar-refractivity contribution in [2.24, 2.45) is 11.8 Å². The largest absolute Gasteiger partial charge is 0.634 e. The van der Waals surface area contributed by atoms with Crippen LogP contribution in [0, 0.1) is 17.0 Å². The molecule has 1 N–H and O–H groups in total. The lowest BCUT2D eigenvalue weighted by Crippen LogP contribution is -3.09. The third-order valence-corrected chi connectivity index (χ3v) is 4.00. The summed E-state index contributed by atoms with van der Waals surface area (Å²) in [6.45, 7) is 2.04. The van der Waals surface area contributed by atoms with Crippen LogP contribution in [0.1, 0.15) is 19.3 Å². The highest BCUT2D eigenvalue weighted by Gasteiger charge is 2.43. The number of rotatable bonds is 0. The fourth-order valence-electron chi connectivity index (χ4n) is 3.19. The molecular formula is C10H17NO3. The van der Waals surface area contributed by atoms with Gasteiger partial charge in [0.1, 0.15) is 6.79 Å². The maximum absolute atomic E-state index is 11.3. The minimum Gasteiger partial charge on any atom is -0.634 e. The molecule has 2 heterocycles. The van der Waals surface area contributed by atoms with E-state index in [0.29, 0.717) is 23.9 Å². The van der Waals surface area contributed by atoms with E-state index in [-0.39, 0.29) is 6.10 Å². The number of hydrogen-bond acceptors (Lipinski definition) is 3. The summed E-state index contributed by atoms with van der Waals surface area (Å²) in [6, 6.07) is 0. The summed E-state index contributed by atoms with van der Waals surface area (Å²) in [5.74, 6) is 1.30. The summed E-state index contributed by atoms with van der Waals surface area (Å²) >= 11 is 0. The Morgan fingerprint density at radius 3 is 2.57 bits per heavy atom. The Hall–Kier alpha value is -0.160. The Balaban J connectivity index is 1.70. The highest BCUT2D eigenvalue weighted by atomic mass is 16.7. The Kier molecular flexibility index (Phi) is 2.24. The Bertz CT molecular complexity index is 223. The molecule has 5 unspecified atom stereocenters. The van der Waals surface area contributed by atoms with Gasteiger partial charge in [-0.25, -0.2) is 0 Å². The van der Waals surface area contributed by atoms with Crippen LogP contribution in [0.2, 0.25) is 0 Å².